The molecule has 8 heteroatoms. The molecule has 0 spiro atoms. The third kappa shape index (κ3) is 5.79. The number of aromatic nitrogens is 8. The second-order valence-electron chi connectivity index (χ2n) is 14.1. The van der Waals surface area contributed by atoms with Crippen LogP contribution in [0.15, 0.2) is 183 Å². The van der Waals surface area contributed by atoms with Crippen LogP contribution in [0.5, 0.6) is 0 Å². The second kappa shape index (κ2) is 13.9. The Bertz CT molecular complexity index is 3220. The van der Waals surface area contributed by atoms with Crippen LogP contribution in [0, 0.1) is 0 Å². The van der Waals surface area contributed by atoms with Gasteiger partial charge in [-0.3, -0.25) is 19.9 Å². The van der Waals surface area contributed by atoms with Crippen molar-refractivity contribution in [3.8, 4) is 67.9 Å². The molecule has 270 valence electrons. The molecule has 0 bridgehead atoms. The molecule has 0 radical (unpaired) electrons. The summed E-state index contributed by atoms with van der Waals surface area (Å²) < 4.78 is 0. The summed E-state index contributed by atoms with van der Waals surface area (Å²) in [4.78, 5) is 38.6. The van der Waals surface area contributed by atoms with Gasteiger partial charge in [0.1, 0.15) is 11.4 Å². The topological polar surface area (TPSA) is 103 Å². The Morgan fingerprint density at radius 1 is 0.310 bits per heavy atom. The zero-order valence-electron chi connectivity index (χ0n) is 30.9. The fourth-order valence-electron chi connectivity index (χ4n) is 7.84. The highest BCUT2D eigenvalue weighted by molar-refractivity contribution is 6.33. The number of hydrogen-bond acceptors (Lipinski definition) is 8. The molecule has 0 saturated carbocycles. The Labute approximate surface area is 332 Å². The van der Waals surface area contributed by atoms with Crippen LogP contribution in [-0.4, -0.2) is 39.9 Å². The first-order chi connectivity index (χ1) is 28.7. The van der Waals surface area contributed by atoms with Gasteiger partial charge in [0.05, 0.1) is 11.2 Å². The molecule has 6 aromatic heterocycles. The lowest BCUT2D eigenvalue weighted by Gasteiger charge is -2.16. The Morgan fingerprint density at radius 2 is 0.810 bits per heavy atom. The lowest BCUT2D eigenvalue weighted by molar-refractivity contribution is 1.05. The third-order valence-corrected chi connectivity index (χ3v) is 10.6. The molecule has 0 aliphatic carbocycles. The zero-order chi connectivity index (χ0) is 38.4. The predicted molar refractivity (Wildman–Crippen MR) is 231 cm³/mol. The van der Waals surface area contributed by atoms with Crippen LogP contribution in [0.4, 0.5) is 0 Å². The molecule has 0 fully saturated rings. The number of benzene rings is 5. The normalized spacial score (nSPS) is 11.4. The van der Waals surface area contributed by atoms with Crippen LogP contribution >= 0.6 is 0 Å². The number of hydrogen-bond donors (Lipinski definition) is 0. The summed E-state index contributed by atoms with van der Waals surface area (Å²) in [6, 6.07) is 49.7. The summed E-state index contributed by atoms with van der Waals surface area (Å²) >= 11 is 0. The van der Waals surface area contributed by atoms with E-state index in [9.17, 15) is 0 Å². The van der Waals surface area contributed by atoms with Gasteiger partial charge in [0.2, 0.25) is 0 Å². The molecular formula is C50H30N8. The lowest BCUT2D eigenvalue weighted by Crippen LogP contribution is -2.02. The van der Waals surface area contributed by atoms with Crippen molar-refractivity contribution in [2.75, 3.05) is 0 Å². The molecule has 8 nitrogen and oxygen atoms in total. The zero-order valence-corrected chi connectivity index (χ0v) is 30.9. The molecule has 11 rings (SSSR count). The van der Waals surface area contributed by atoms with E-state index in [0.29, 0.717) is 28.9 Å². The van der Waals surface area contributed by atoms with Gasteiger partial charge in [0, 0.05) is 86.7 Å². The third-order valence-electron chi connectivity index (χ3n) is 10.6. The van der Waals surface area contributed by atoms with E-state index in [4.69, 9.17) is 29.9 Å². The van der Waals surface area contributed by atoms with Crippen molar-refractivity contribution in [3.63, 3.8) is 0 Å². The summed E-state index contributed by atoms with van der Waals surface area (Å²) in [5, 5.41) is 8.18. The molecule has 0 saturated heterocycles. The maximum absolute atomic E-state index is 5.38. The van der Waals surface area contributed by atoms with E-state index in [2.05, 4.69) is 88.8 Å². The van der Waals surface area contributed by atoms with Crippen molar-refractivity contribution < 1.29 is 0 Å². The Balaban J connectivity index is 1.10. The van der Waals surface area contributed by atoms with E-state index in [0.717, 1.165) is 60.8 Å². The largest absolute Gasteiger partial charge is 0.264 e. The molecule has 6 heterocycles. The van der Waals surface area contributed by atoms with E-state index in [1.54, 1.807) is 12.4 Å². The van der Waals surface area contributed by atoms with E-state index in [1.807, 2.05) is 91.5 Å². The standard InChI is InChI=1S/C50H30N8/c1-3-16-39-37(14-1)38-15-2-4-17-40(38)46-45(39)41-18-5-6-19-42(41)55-47(46)31-10-7-11-32(26-31)48-56-49(43-22-20-35(29-53-43)33-12-8-24-51-27-33)58-50(57-48)44-23-21-36(30-54-44)34-13-9-25-52-28-34/h1-30H. The van der Waals surface area contributed by atoms with E-state index >= 15 is 0 Å². The first-order valence-corrected chi connectivity index (χ1v) is 19.0. The van der Waals surface area contributed by atoms with Crippen molar-refractivity contribution in [1.29, 1.82) is 0 Å². The van der Waals surface area contributed by atoms with Crippen LogP contribution in [0.25, 0.3) is 111 Å². The Hall–Kier alpha value is -8.10. The van der Waals surface area contributed by atoms with Crippen LogP contribution in [0.3, 0.4) is 0 Å². The maximum Gasteiger partial charge on any atom is 0.182 e. The fourth-order valence-corrected chi connectivity index (χ4v) is 7.84. The number of para-hydroxylation sites is 1. The van der Waals surface area contributed by atoms with Crippen molar-refractivity contribution in [1.82, 2.24) is 39.9 Å². The first kappa shape index (κ1) is 33.3. The summed E-state index contributed by atoms with van der Waals surface area (Å²) in [6.07, 6.45) is 10.8. The van der Waals surface area contributed by atoms with Gasteiger partial charge >= 0.3 is 0 Å². The quantitative estimate of drug-likeness (QED) is 0.155. The predicted octanol–water partition coefficient (Wildman–Crippen LogP) is 11.5. The van der Waals surface area contributed by atoms with Crippen molar-refractivity contribution >= 4 is 43.2 Å². The van der Waals surface area contributed by atoms with Gasteiger partial charge in [-0.15, -0.1) is 0 Å². The monoisotopic (exact) mass is 742 g/mol. The molecule has 0 unspecified atom stereocenters. The summed E-state index contributed by atoms with van der Waals surface area (Å²) in [5.41, 5.74) is 8.67. The summed E-state index contributed by atoms with van der Waals surface area (Å²) in [5.74, 6) is 1.37. The van der Waals surface area contributed by atoms with E-state index in [1.165, 1.54) is 21.5 Å². The minimum atomic E-state index is 0.438. The highest BCUT2D eigenvalue weighted by Crippen LogP contribution is 2.43. The van der Waals surface area contributed by atoms with Crippen molar-refractivity contribution in [3.05, 3.63) is 183 Å². The smallest absolute Gasteiger partial charge is 0.182 e. The molecule has 0 atom stereocenters. The van der Waals surface area contributed by atoms with Crippen LogP contribution in [0.1, 0.15) is 0 Å². The molecule has 5 aromatic carbocycles. The first-order valence-electron chi connectivity index (χ1n) is 19.0. The number of pyridine rings is 5. The fraction of sp³-hybridized carbons (Fsp3) is 0. The summed E-state index contributed by atoms with van der Waals surface area (Å²) in [7, 11) is 0. The Kier molecular flexibility index (Phi) is 7.96. The molecule has 58 heavy (non-hydrogen) atoms. The van der Waals surface area contributed by atoms with Gasteiger partial charge < -0.3 is 0 Å². The summed E-state index contributed by atoms with van der Waals surface area (Å²) in [6.45, 7) is 0. The average Bonchev–Trinajstić information content (AvgIpc) is 3.31. The SMILES string of the molecule is c1cncc(-c2ccc(-c3nc(-c4cccc(-c5nc6ccccc6c6c7ccccc7c7ccccc7c56)c4)nc(-c4ccc(-c5cccnc5)cn4)n3)nc2)c1. The van der Waals surface area contributed by atoms with Crippen LogP contribution in [0.2, 0.25) is 0 Å². The van der Waals surface area contributed by atoms with Crippen LogP contribution < -0.4 is 0 Å². The van der Waals surface area contributed by atoms with Gasteiger partial charge in [0.25, 0.3) is 0 Å². The molecule has 0 N–H and O–H groups in total. The second-order valence-corrected chi connectivity index (χ2v) is 14.1. The molecule has 0 amide bonds. The van der Waals surface area contributed by atoms with Gasteiger partial charge in [0.15, 0.2) is 17.5 Å². The van der Waals surface area contributed by atoms with Gasteiger partial charge in [-0.25, -0.2) is 19.9 Å². The minimum Gasteiger partial charge on any atom is -0.264 e. The average molecular weight is 743 g/mol. The molecule has 11 aromatic rings. The van der Waals surface area contributed by atoms with Crippen molar-refractivity contribution in [2.24, 2.45) is 0 Å². The van der Waals surface area contributed by atoms with E-state index in [-0.39, 0.29) is 0 Å². The minimum absolute atomic E-state index is 0.438. The number of rotatable bonds is 6. The van der Waals surface area contributed by atoms with Crippen LogP contribution in [-0.2, 0) is 0 Å². The van der Waals surface area contributed by atoms with E-state index < -0.39 is 0 Å². The highest BCUT2D eigenvalue weighted by Gasteiger charge is 2.19. The van der Waals surface area contributed by atoms with Gasteiger partial charge in [-0.2, -0.15) is 0 Å². The highest BCUT2D eigenvalue weighted by atomic mass is 15.1. The molecular weight excluding hydrogens is 713 g/mol. The van der Waals surface area contributed by atoms with Crippen molar-refractivity contribution in [2.45, 2.75) is 0 Å². The van der Waals surface area contributed by atoms with Gasteiger partial charge in [-0.1, -0.05) is 109 Å². The maximum atomic E-state index is 5.38. The molecule has 0 aliphatic heterocycles. The Morgan fingerprint density at radius 3 is 1.38 bits per heavy atom. The van der Waals surface area contributed by atoms with Gasteiger partial charge in [-0.05, 0) is 57.9 Å². The number of fused-ring (bicyclic) bond motifs is 8. The number of nitrogens with zero attached hydrogens (tertiary/aromatic N) is 8. The lowest BCUT2D eigenvalue weighted by atomic mass is 9.90. The molecule has 0 aliphatic rings.